The van der Waals surface area contributed by atoms with Gasteiger partial charge in [-0.1, -0.05) is 48.5 Å². The zero-order valence-electron chi connectivity index (χ0n) is 17.6. The van der Waals surface area contributed by atoms with Gasteiger partial charge < -0.3 is 5.32 Å². The molecular formula is C26H24N2O2. The molecule has 150 valence electrons. The van der Waals surface area contributed by atoms with Gasteiger partial charge in [0.25, 0.3) is 11.8 Å². The Morgan fingerprint density at radius 2 is 1.43 bits per heavy atom. The van der Waals surface area contributed by atoms with Gasteiger partial charge in [0.05, 0.1) is 11.3 Å². The van der Waals surface area contributed by atoms with Crippen molar-refractivity contribution in [1.82, 2.24) is 0 Å². The van der Waals surface area contributed by atoms with Crippen LogP contribution in [0.15, 0.2) is 72.4 Å². The van der Waals surface area contributed by atoms with E-state index in [2.05, 4.69) is 5.32 Å². The van der Waals surface area contributed by atoms with E-state index in [9.17, 15) is 9.59 Å². The number of benzene rings is 3. The van der Waals surface area contributed by atoms with Crippen LogP contribution in [0.25, 0.3) is 5.57 Å². The minimum absolute atomic E-state index is 0.301. The fourth-order valence-electron chi connectivity index (χ4n) is 3.68. The van der Waals surface area contributed by atoms with Crippen molar-refractivity contribution < 1.29 is 9.59 Å². The van der Waals surface area contributed by atoms with Crippen molar-refractivity contribution in [3.8, 4) is 0 Å². The van der Waals surface area contributed by atoms with Crippen molar-refractivity contribution >= 4 is 28.8 Å². The van der Waals surface area contributed by atoms with Crippen LogP contribution in [0.4, 0.5) is 11.4 Å². The maximum atomic E-state index is 13.5. The lowest BCUT2D eigenvalue weighted by atomic mass is 10.0. The fraction of sp³-hybridized carbons (Fsp3) is 0.154. The molecule has 0 unspecified atom stereocenters. The molecule has 0 radical (unpaired) electrons. The molecule has 0 spiro atoms. The molecule has 0 aliphatic carbocycles. The van der Waals surface area contributed by atoms with Gasteiger partial charge in [-0.05, 0) is 73.7 Å². The van der Waals surface area contributed by atoms with E-state index in [1.54, 1.807) is 0 Å². The summed E-state index contributed by atoms with van der Waals surface area (Å²) in [7, 11) is 0. The molecule has 0 bridgehead atoms. The highest BCUT2D eigenvalue weighted by Gasteiger charge is 2.40. The van der Waals surface area contributed by atoms with Gasteiger partial charge >= 0.3 is 0 Å². The lowest BCUT2D eigenvalue weighted by Gasteiger charge is -2.19. The largest absolute Gasteiger partial charge is 0.350 e. The maximum absolute atomic E-state index is 13.5. The molecule has 0 atom stereocenters. The van der Waals surface area contributed by atoms with Gasteiger partial charge in [-0.15, -0.1) is 0 Å². The molecule has 0 fully saturated rings. The molecule has 0 saturated carbocycles. The molecule has 1 heterocycles. The summed E-state index contributed by atoms with van der Waals surface area (Å²) in [6.45, 7) is 7.98. The molecule has 1 N–H and O–H groups in total. The molecule has 0 aromatic heterocycles. The Hall–Kier alpha value is -3.66. The number of rotatable bonds is 4. The summed E-state index contributed by atoms with van der Waals surface area (Å²) >= 11 is 0. The number of anilines is 2. The SMILES string of the molecule is Cc1ccc(NC2=C(c3ccccc3)C(=O)N(c3cccc(C)c3C)C2=O)cc1C. The highest BCUT2D eigenvalue weighted by atomic mass is 16.2. The van der Waals surface area contributed by atoms with Crippen LogP contribution < -0.4 is 10.2 Å². The summed E-state index contributed by atoms with van der Waals surface area (Å²) < 4.78 is 0. The van der Waals surface area contributed by atoms with Crippen molar-refractivity contribution in [1.29, 1.82) is 0 Å². The van der Waals surface area contributed by atoms with Crippen molar-refractivity contribution in [2.45, 2.75) is 27.7 Å². The second-order valence-electron chi connectivity index (χ2n) is 7.70. The van der Waals surface area contributed by atoms with Crippen LogP contribution in [0.1, 0.15) is 27.8 Å². The Labute approximate surface area is 176 Å². The van der Waals surface area contributed by atoms with Crippen LogP contribution in [0.2, 0.25) is 0 Å². The van der Waals surface area contributed by atoms with E-state index >= 15 is 0 Å². The first kappa shape index (κ1) is 19.6. The molecule has 3 aromatic rings. The molecule has 2 amide bonds. The van der Waals surface area contributed by atoms with E-state index in [1.165, 1.54) is 10.5 Å². The van der Waals surface area contributed by atoms with Gasteiger partial charge in [0.1, 0.15) is 5.70 Å². The van der Waals surface area contributed by atoms with E-state index in [-0.39, 0.29) is 11.8 Å². The molecule has 3 aromatic carbocycles. The maximum Gasteiger partial charge on any atom is 0.282 e. The second kappa shape index (κ2) is 7.64. The number of aryl methyl sites for hydroxylation is 3. The minimum atomic E-state index is -0.342. The average molecular weight is 396 g/mol. The van der Waals surface area contributed by atoms with Crippen LogP contribution in [0.3, 0.4) is 0 Å². The van der Waals surface area contributed by atoms with Gasteiger partial charge in [-0.2, -0.15) is 0 Å². The number of hydrogen-bond acceptors (Lipinski definition) is 3. The molecule has 1 aliphatic heterocycles. The van der Waals surface area contributed by atoms with Gasteiger partial charge in [0.2, 0.25) is 0 Å². The molecule has 4 nitrogen and oxygen atoms in total. The lowest BCUT2D eigenvalue weighted by Crippen LogP contribution is -2.33. The van der Waals surface area contributed by atoms with Crippen molar-refractivity contribution in [3.05, 3.63) is 100 Å². The third-order valence-corrected chi connectivity index (χ3v) is 5.74. The zero-order valence-corrected chi connectivity index (χ0v) is 17.6. The Bertz CT molecular complexity index is 1190. The van der Waals surface area contributed by atoms with E-state index in [1.807, 2.05) is 94.4 Å². The topological polar surface area (TPSA) is 49.4 Å². The molecule has 1 aliphatic rings. The fourth-order valence-corrected chi connectivity index (χ4v) is 3.68. The molecule has 30 heavy (non-hydrogen) atoms. The molecule has 4 heteroatoms. The number of hydrogen-bond donors (Lipinski definition) is 1. The smallest absolute Gasteiger partial charge is 0.282 e. The summed E-state index contributed by atoms with van der Waals surface area (Å²) in [5.74, 6) is -0.656. The number of carbonyl (C=O) groups is 2. The van der Waals surface area contributed by atoms with Gasteiger partial charge in [0, 0.05) is 5.69 Å². The molecule has 4 rings (SSSR count). The highest BCUT2D eigenvalue weighted by Crippen LogP contribution is 2.35. The van der Waals surface area contributed by atoms with Crippen molar-refractivity contribution in [2.75, 3.05) is 10.2 Å². The minimum Gasteiger partial charge on any atom is -0.350 e. The summed E-state index contributed by atoms with van der Waals surface area (Å²) in [6.07, 6.45) is 0. The van der Waals surface area contributed by atoms with Gasteiger partial charge in [0.15, 0.2) is 0 Å². The van der Waals surface area contributed by atoms with E-state index in [4.69, 9.17) is 0 Å². The standard InChI is InChI=1S/C26H24N2O2/c1-16-13-14-21(15-18(16)3)27-24-23(20-10-6-5-7-11-20)25(29)28(26(24)30)22-12-8-9-17(2)19(22)4/h5-15,27H,1-4H3. The lowest BCUT2D eigenvalue weighted by molar-refractivity contribution is -0.120. The quantitative estimate of drug-likeness (QED) is 0.608. The molecule has 0 saturated heterocycles. The van der Waals surface area contributed by atoms with Crippen LogP contribution in [0.5, 0.6) is 0 Å². The number of nitrogens with zero attached hydrogens (tertiary/aromatic N) is 1. The first-order valence-electron chi connectivity index (χ1n) is 9.97. The van der Waals surface area contributed by atoms with Gasteiger partial charge in [-0.25, -0.2) is 4.90 Å². The number of carbonyl (C=O) groups excluding carboxylic acids is 2. The second-order valence-corrected chi connectivity index (χ2v) is 7.70. The first-order valence-corrected chi connectivity index (χ1v) is 9.97. The summed E-state index contributed by atoms with van der Waals surface area (Å²) in [5, 5.41) is 3.24. The van der Waals surface area contributed by atoms with Crippen molar-refractivity contribution in [3.63, 3.8) is 0 Å². The number of imide groups is 1. The summed E-state index contributed by atoms with van der Waals surface area (Å²) in [6, 6.07) is 20.9. The van der Waals surface area contributed by atoms with Crippen molar-refractivity contribution in [2.24, 2.45) is 0 Å². The summed E-state index contributed by atoms with van der Waals surface area (Å²) in [4.78, 5) is 28.3. The Morgan fingerprint density at radius 3 is 2.13 bits per heavy atom. The first-order chi connectivity index (χ1) is 14.4. The normalized spacial score (nSPS) is 13.9. The Balaban J connectivity index is 1.85. The van der Waals surface area contributed by atoms with E-state index in [0.717, 1.165) is 27.9 Å². The highest BCUT2D eigenvalue weighted by molar-refractivity contribution is 6.46. The number of nitrogens with one attached hydrogen (secondary N) is 1. The van der Waals surface area contributed by atoms with Crippen LogP contribution in [-0.4, -0.2) is 11.8 Å². The monoisotopic (exact) mass is 396 g/mol. The predicted octanol–water partition coefficient (Wildman–Crippen LogP) is 5.32. The average Bonchev–Trinajstić information content (AvgIpc) is 2.97. The Morgan fingerprint density at radius 1 is 0.700 bits per heavy atom. The van der Waals surface area contributed by atoms with Crippen LogP contribution in [-0.2, 0) is 9.59 Å². The van der Waals surface area contributed by atoms with E-state index in [0.29, 0.717) is 17.0 Å². The summed E-state index contributed by atoms with van der Waals surface area (Å²) in [5.41, 5.74) is 7.04. The van der Waals surface area contributed by atoms with Crippen LogP contribution in [0, 0.1) is 27.7 Å². The van der Waals surface area contributed by atoms with Crippen LogP contribution >= 0.6 is 0 Å². The van der Waals surface area contributed by atoms with Gasteiger partial charge in [-0.3, -0.25) is 9.59 Å². The third kappa shape index (κ3) is 3.30. The van der Waals surface area contributed by atoms with E-state index < -0.39 is 0 Å². The molecular weight excluding hydrogens is 372 g/mol. The number of amides is 2. The zero-order chi connectivity index (χ0) is 21.4. The third-order valence-electron chi connectivity index (χ3n) is 5.74. The Kier molecular flexibility index (Phi) is 5.00. The predicted molar refractivity (Wildman–Crippen MR) is 121 cm³/mol.